The van der Waals surface area contributed by atoms with E-state index >= 15 is 0 Å². The number of rotatable bonds is 2. The minimum absolute atomic E-state index is 0.0893. The second-order valence-corrected chi connectivity index (χ2v) is 9.13. The number of aromatic nitrogens is 2. The lowest BCUT2D eigenvalue weighted by atomic mass is 9.86. The highest BCUT2D eigenvalue weighted by atomic mass is 16.7. The monoisotopic (exact) mass is 363 g/mol. The lowest BCUT2D eigenvalue weighted by molar-refractivity contribution is 0.00578. The smallest absolute Gasteiger partial charge is 0.444 e. The van der Waals surface area contributed by atoms with Crippen LogP contribution in [0.3, 0.4) is 0 Å². The Labute approximate surface area is 156 Å². The molecule has 26 heavy (non-hydrogen) atoms. The number of nitrogens with zero attached hydrogens (tertiary/aromatic N) is 3. The number of hydrogen-bond donors (Lipinski definition) is 0. The Morgan fingerprint density at radius 2 is 1.88 bits per heavy atom. The van der Waals surface area contributed by atoms with E-state index in [4.69, 9.17) is 14.0 Å². The van der Waals surface area contributed by atoms with Gasteiger partial charge in [0, 0.05) is 12.7 Å². The molecule has 1 aromatic heterocycles. The van der Waals surface area contributed by atoms with Gasteiger partial charge in [-0.3, -0.25) is 4.90 Å². The molecule has 1 aromatic rings. The first-order chi connectivity index (χ1) is 11.9. The zero-order chi connectivity index (χ0) is 19.3. The highest BCUT2D eigenvalue weighted by Gasteiger charge is 2.52. The van der Waals surface area contributed by atoms with Crippen LogP contribution in [0.5, 0.6) is 0 Å². The third-order valence-electron chi connectivity index (χ3n) is 5.31. The lowest BCUT2D eigenvalue weighted by Crippen LogP contribution is -2.41. The molecule has 0 aliphatic carbocycles. The summed E-state index contributed by atoms with van der Waals surface area (Å²) in [6, 6.07) is 0. The molecule has 0 N–H and O–H groups in total. The zero-order valence-corrected chi connectivity index (χ0v) is 16.9. The van der Waals surface area contributed by atoms with E-state index in [0.29, 0.717) is 6.54 Å². The molecule has 1 atom stereocenters. The number of amides is 1. The SMILES string of the molecule is CC(C)(C)OC(=O)N1CCCC1n1cnc(B2OC(C)(C)C(C)(C)O2)c1. The van der Waals surface area contributed by atoms with Crippen molar-refractivity contribution in [3.05, 3.63) is 12.5 Å². The molecular weight excluding hydrogens is 333 g/mol. The predicted octanol–water partition coefficient (Wildman–Crippen LogP) is 2.71. The molecule has 0 bridgehead atoms. The van der Waals surface area contributed by atoms with Crippen molar-refractivity contribution in [1.29, 1.82) is 0 Å². The largest absolute Gasteiger partial charge is 0.516 e. The summed E-state index contributed by atoms with van der Waals surface area (Å²) in [6.07, 6.45) is 5.09. The van der Waals surface area contributed by atoms with E-state index in [1.165, 1.54) is 0 Å². The van der Waals surface area contributed by atoms with Crippen LogP contribution in [0.2, 0.25) is 0 Å². The van der Waals surface area contributed by atoms with E-state index in [0.717, 1.165) is 18.4 Å². The Morgan fingerprint density at radius 3 is 2.46 bits per heavy atom. The number of likely N-dealkylation sites (tertiary alicyclic amines) is 1. The van der Waals surface area contributed by atoms with Crippen molar-refractivity contribution >= 4 is 18.8 Å². The van der Waals surface area contributed by atoms with Crippen molar-refractivity contribution in [3.8, 4) is 0 Å². The van der Waals surface area contributed by atoms with Gasteiger partial charge in [0.25, 0.3) is 0 Å². The van der Waals surface area contributed by atoms with Crippen molar-refractivity contribution in [2.75, 3.05) is 6.54 Å². The van der Waals surface area contributed by atoms with Crippen LogP contribution < -0.4 is 5.59 Å². The van der Waals surface area contributed by atoms with Gasteiger partial charge in [0.2, 0.25) is 0 Å². The van der Waals surface area contributed by atoms with Crippen LogP contribution in [0.15, 0.2) is 12.5 Å². The molecule has 1 amide bonds. The Kier molecular flexibility index (Phi) is 4.64. The second kappa shape index (κ2) is 6.27. The molecule has 1 unspecified atom stereocenters. The molecule has 2 saturated heterocycles. The first-order valence-corrected chi connectivity index (χ1v) is 9.28. The maximum Gasteiger partial charge on any atom is 0.516 e. The number of hydrogen-bond acceptors (Lipinski definition) is 5. The molecule has 2 aliphatic heterocycles. The Morgan fingerprint density at radius 1 is 1.27 bits per heavy atom. The lowest BCUT2D eigenvalue weighted by Gasteiger charge is -2.32. The third kappa shape index (κ3) is 3.62. The van der Waals surface area contributed by atoms with Gasteiger partial charge in [-0.1, -0.05) is 0 Å². The third-order valence-corrected chi connectivity index (χ3v) is 5.31. The summed E-state index contributed by atoms with van der Waals surface area (Å²) in [5.74, 6) is 0. The second-order valence-electron chi connectivity index (χ2n) is 9.13. The van der Waals surface area contributed by atoms with Crippen molar-refractivity contribution in [2.45, 2.75) is 84.3 Å². The van der Waals surface area contributed by atoms with E-state index in [1.807, 2.05) is 59.2 Å². The molecule has 0 aromatic carbocycles. The minimum atomic E-state index is -0.507. The summed E-state index contributed by atoms with van der Waals surface area (Å²) < 4.78 is 19.6. The van der Waals surface area contributed by atoms with E-state index < -0.39 is 23.9 Å². The first-order valence-electron chi connectivity index (χ1n) is 9.28. The predicted molar refractivity (Wildman–Crippen MR) is 99.2 cm³/mol. The van der Waals surface area contributed by atoms with Gasteiger partial charge in [0.15, 0.2) is 0 Å². The van der Waals surface area contributed by atoms with E-state index in [-0.39, 0.29) is 12.3 Å². The van der Waals surface area contributed by atoms with Crippen LogP contribution in [0.1, 0.15) is 67.5 Å². The summed E-state index contributed by atoms with van der Waals surface area (Å²) in [4.78, 5) is 18.7. The summed E-state index contributed by atoms with van der Waals surface area (Å²) in [5, 5.41) is 0. The molecule has 0 radical (unpaired) electrons. The molecule has 2 aliphatic rings. The molecule has 8 heteroatoms. The molecule has 2 fully saturated rings. The van der Waals surface area contributed by atoms with Gasteiger partial charge in [-0.2, -0.15) is 0 Å². The quantitative estimate of drug-likeness (QED) is 0.756. The number of carbonyl (C=O) groups excluding carboxylic acids is 1. The fourth-order valence-electron chi connectivity index (χ4n) is 3.19. The summed E-state index contributed by atoms with van der Waals surface area (Å²) in [7, 11) is -0.502. The molecule has 7 nitrogen and oxygen atoms in total. The summed E-state index contributed by atoms with van der Waals surface area (Å²) in [5.41, 5.74) is -0.596. The van der Waals surface area contributed by atoms with Crippen molar-refractivity contribution in [2.24, 2.45) is 0 Å². The zero-order valence-electron chi connectivity index (χ0n) is 16.9. The van der Waals surface area contributed by atoms with E-state index in [9.17, 15) is 4.79 Å². The molecule has 0 saturated carbocycles. The van der Waals surface area contributed by atoms with Gasteiger partial charge in [-0.15, -0.1) is 0 Å². The number of imidazole rings is 1. The Hall–Kier alpha value is -1.54. The molecule has 0 spiro atoms. The van der Waals surface area contributed by atoms with Gasteiger partial charge in [-0.25, -0.2) is 9.78 Å². The average Bonchev–Trinajstić information content (AvgIpc) is 3.16. The van der Waals surface area contributed by atoms with Crippen LogP contribution in [0.4, 0.5) is 4.79 Å². The fourth-order valence-corrected chi connectivity index (χ4v) is 3.19. The van der Waals surface area contributed by atoms with Gasteiger partial charge < -0.3 is 18.6 Å². The van der Waals surface area contributed by atoms with Crippen LogP contribution in [-0.4, -0.2) is 51.0 Å². The maximum absolute atomic E-state index is 12.5. The fraction of sp³-hybridized carbons (Fsp3) is 0.778. The summed E-state index contributed by atoms with van der Waals surface area (Å²) >= 11 is 0. The molecule has 144 valence electrons. The Bertz CT molecular complexity index is 664. The normalized spacial score (nSPS) is 25.0. The van der Waals surface area contributed by atoms with Crippen molar-refractivity contribution < 1.29 is 18.8 Å². The van der Waals surface area contributed by atoms with Crippen LogP contribution >= 0.6 is 0 Å². The standard InChI is InChI=1S/C18H30BN3O4/c1-16(2,3)24-15(23)22-10-8-9-14(22)21-11-13(20-12-21)19-25-17(4,5)18(6,7)26-19/h11-12,14H,8-10H2,1-7H3. The van der Waals surface area contributed by atoms with Gasteiger partial charge in [0.05, 0.1) is 23.1 Å². The molecule has 3 rings (SSSR count). The van der Waals surface area contributed by atoms with Crippen LogP contribution in [-0.2, 0) is 14.0 Å². The maximum atomic E-state index is 12.5. The van der Waals surface area contributed by atoms with Gasteiger partial charge in [0.1, 0.15) is 11.8 Å². The average molecular weight is 363 g/mol. The van der Waals surface area contributed by atoms with Crippen molar-refractivity contribution in [1.82, 2.24) is 14.5 Å². The number of carbonyl (C=O) groups is 1. The highest BCUT2D eigenvalue weighted by Crippen LogP contribution is 2.36. The first kappa shape index (κ1) is 19.2. The van der Waals surface area contributed by atoms with Crippen LogP contribution in [0, 0.1) is 0 Å². The topological polar surface area (TPSA) is 65.8 Å². The van der Waals surface area contributed by atoms with Gasteiger partial charge >= 0.3 is 13.2 Å². The van der Waals surface area contributed by atoms with E-state index in [1.54, 1.807) is 11.2 Å². The van der Waals surface area contributed by atoms with E-state index in [2.05, 4.69) is 4.98 Å². The van der Waals surface area contributed by atoms with Crippen molar-refractivity contribution in [3.63, 3.8) is 0 Å². The highest BCUT2D eigenvalue weighted by molar-refractivity contribution is 6.61. The van der Waals surface area contributed by atoms with Gasteiger partial charge in [-0.05, 0) is 61.3 Å². The van der Waals surface area contributed by atoms with Crippen LogP contribution in [0.25, 0.3) is 0 Å². The number of ether oxygens (including phenoxy) is 1. The Balaban J connectivity index is 1.74. The molecular formula is C18H30BN3O4. The minimum Gasteiger partial charge on any atom is -0.444 e. The molecule has 3 heterocycles. The summed E-state index contributed by atoms with van der Waals surface area (Å²) in [6.45, 7) is 14.4.